The summed E-state index contributed by atoms with van der Waals surface area (Å²) in [7, 11) is 0. The topological polar surface area (TPSA) is 75.3 Å². The molecular weight excluding hydrogens is 211 g/mol. The SMILES string of the molecule is C[C@@]1(F)CN(c2nccc(N)n2)CCC1O. The molecule has 0 bridgehead atoms. The summed E-state index contributed by atoms with van der Waals surface area (Å²) in [6.07, 6.45) is 0.980. The molecule has 88 valence electrons. The fourth-order valence-corrected chi connectivity index (χ4v) is 1.82. The van der Waals surface area contributed by atoms with Gasteiger partial charge in [0.2, 0.25) is 5.95 Å². The van der Waals surface area contributed by atoms with Crippen LogP contribution in [0.1, 0.15) is 13.3 Å². The Labute approximate surface area is 93.1 Å². The van der Waals surface area contributed by atoms with E-state index >= 15 is 0 Å². The van der Waals surface area contributed by atoms with E-state index in [-0.39, 0.29) is 6.54 Å². The molecule has 2 atom stereocenters. The summed E-state index contributed by atoms with van der Waals surface area (Å²) < 4.78 is 13.9. The highest BCUT2D eigenvalue weighted by Crippen LogP contribution is 2.27. The van der Waals surface area contributed by atoms with Crippen molar-refractivity contribution in [1.29, 1.82) is 0 Å². The van der Waals surface area contributed by atoms with Crippen molar-refractivity contribution in [3.05, 3.63) is 12.3 Å². The molecule has 1 aromatic rings. The van der Waals surface area contributed by atoms with E-state index in [4.69, 9.17) is 5.73 Å². The minimum Gasteiger partial charge on any atom is -0.390 e. The molecule has 2 rings (SSSR count). The first-order valence-electron chi connectivity index (χ1n) is 5.19. The number of aliphatic hydroxyl groups excluding tert-OH is 1. The van der Waals surface area contributed by atoms with Crippen molar-refractivity contribution in [2.24, 2.45) is 0 Å². The molecule has 1 fully saturated rings. The number of nitrogens with two attached hydrogens (primary N) is 1. The van der Waals surface area contributed by atoms with Crippen LogP contribution < -0.4 is 10.6 Å². The van der Waals surface area contributed by atoms with Crippen molar-refractivity contribution in [3.8, 4) is 0 Å². The van der Waals surface area contributed by atoms with Gasteiger partial charge in [0.05, 0.1) is 12.6 Å². The highest BCUT2D eigenvalue weighted by Gasteiger charge is 2.39. The normalized spacial score (nSPS) is 30.4. The maximum absolute atomic E-state index is 13.9. The Morgan fingerprint density at radius 1 is 1.69 bits per heavy atom. The maximum atomic E-state index is 13.9. The molecule has 2 heterocycles. The largest absolute Gasteiger partial charge is 0.390 e. The lowest BCUT2D eigenvalue weighted by Crippen LogP contribution is -2.52. The summed E-state index contributed by atoms with van der Waals surface area (Å²) in [6, 6.07) is 1.58. The van der Waals surface area contributed by atoms with Crippen LogP contribution in [0.2, 0.25) is 0 Å². The molecule has 0 radical (unpaired) electrons. The Balaban J connectivity index is 2.18. The second-order valence-electron chi connectivity index (χ2n) is 4.29. The molecule has 0 spiro atoms. The predicted molar refractivity (Wildman–Crippen MR) is 58.8 cm³/mol. The zero-order valence-corrected chi connectivity index (χ0v) is 9.10. The second-order valence-corrected chi connectivity index (χ2v) is 4.29. The van der Waals surface area contributed by atoms with Crippen molar-refractivity contribution < 1.29 is 9.50 Å². The number of hydrogen-bond donors (Lipinski definition) is 2. The van der Waals surface area contributed by atoms with E-state index in [2.05, 4.69) is 9.97 Å². The first kappa shape index (κ1) is 11.1. The monoisotopic (exact) mass is 226 g/mol. The smallest absolute Gasteiger partial charge is 0.227 e. The number of nitrogen functional groups attached to an aromatic ring is 1. The lowest BCUT2D eigenvalue weighted by molar-refractivity contribution is -0.00860. The molecule has 1 aliphatic rings. The van der Waals surface area contributed by atoms with Gasteiger partial charge in [0.15, 0.2) is 5.67 Å². The molecule has 1 saturated heterocycles. The van der Waals surface area contributed by atoms with E-state index in [9.17, 15) is 9.50 Å². The molecule has 1 unspecified atom stereocenters. The van der Waals surface area contributed by atoms with Crippen molar-refractivity contribution >= 4 is 11.8 Å². The van der Waals surface area contributed by atoms with Gasteiger partial charge in [-0.3, -0.25) is 0 Å². The van der Waals surface area contributed by atoms with Crippen LogP contribution >= 0.6 is 0 Å². The van der Waals surface area contributed by atoms with E-state index in [1.165, 1.54) is 13.1 Å². The van der Waals surface area contributed by atoms with E-state index < -0.39 is 11.8 Å². The Morgan fingerprint density at radius 2 is 2.44 bits per heavy atom. The average molecular weight is 226 g/mol. The number of aromatic nitrogens is 2. The highest BCUT2D eigenvalue weighted by atomic mass is 19.1. The predicted octanol–water partition coefficient (Wildman–Crippen LogP) is 0.358. The molecule has 5 nitrogen and oxygen atoms in total. The number of alkyl halides is 1. The number of anilines is 2. The van der Waals surface area contributed by atoms with Crippen LogP contribution in [0, 0.1) is 0 Å². The molecule has 1 aliphatic heterocycles. The summed E-state index contributed by atoms with van der Waals surface area (Å²) >= 11 is 0. The maximum Gasteiger partial charge on any atom is 0.227 e. The quantitative estimate of drug-likeness (QED) is 0.723. The van der Waals surface area contributed by atoms with E-state index in [1.807, 2.05) is 0 Å². The van der Waals surface area contributed by atoms with Gasteiger partial charge in [-0.05, 0) is 19.4 Å². The fourth-order valence-electron chi connectivity index (χ4n) is 1.82. The van der Waals surface area contributed by atoms with Crippen LogP contribution in [0.5, 0.6) is 0 Å². The van der Waals surface area contributed by atoms with Crippen molar-refractivity contribution in [3.63, 3.8) is 0 Å². The van der Waals surface area contributed by atoms with Gasteiger partial charge in [-0.25, -0.2) is 9.37 Å². The number of piperidine rings is 1. The number of halogens is 1. The van der Waals surface area contributed by atoms with E-state index in [1.54, 1.807) is 11.0 Å². The molecule has 0 saturated carbocycles. The zero-order valence-electron chi connectivity index (χ0n) is 9.10. The van der Waals surface area contributed by atoms with Crippen LogP contribution in [0.4, 0.5) is 16.2 Å². The Kier molecular flexibility index (Phi) is 2.67. The molecule has 0 aromatic carbocycles. The summed E-state index contributed by atoms with van der Waals surface area (Å²) in [5.41, 5.74) is 3.91. The lowest BCUT2D eigenvalue weighted by Gasteiger charge is -2.38. The second kappa shape index (κ2) is 3.86. The number of aliphatic hydroxyl groups is 1. The van der Waals surface area contributed by atoms with Crippen molar-refractivity contribution in [2.45, 2.75) is 25.1 Å². The van der Waals surface area contributed by atoms with Crippen LogP contribution in [-0.2, 0) is 0 Å². The standard InChI is InChI=1S/C10H15FN4O/c1-10(11)6-15(5-3-7(10)16)9-13-4-2-8(12)14-9/h2,4,7,16H,3,5-6H2,1H3,(H2,12,13,14)/t7?,10-/m1/s1. The number of rotatable bonds is 1. The van der Waals surface area contributed by atoms with Gasteiger partial charge >= 0.3 is 0 Å². The van der Waals surface area contributed by atoms with Gasteiger partial charge in [0, 0.05) is 12.7 Å². The molecule has 1 aromatic heterocycles. The average Bonchev–Trinajstić information content (AvgIpc) is 2.22. The fraction of sp³-hybridized carbons (Fsp3) is 0.600. The summed E-state index contributed by atoms with van der Waals surface area (Å²) in [4.78, 5) is 9.77. The van der Waals surface area contributed by atoms with Crippen LogP contribution in [0.25, 0.3) is 0 Å². The van der Waals surface area contributed by atoms with E-state index in [0.29, 0.717) is 24.7 Å². The first-order valence-corrected chi connectivity index (χ1v) is 5.19. The highest BCUT2D eigenvalue weighted by molar-refractivity contribution is 5.38. The minimum absolute atomic E-state index is 0.0810. The third-order valence-corrected chi connectivity index (χ3v) is 2.81. The van der Waals surface area contributed by atoms with Crippen molar-refractivity contribution in [2.75, 3.05) is 23.7 Å². The zero-order chi connectivity index (χ0) is 11.8. The third-order valence-electron chi connectivity index (χ3n) is 2.81. The Hall–Kier alpha value is -1.43. The molecule has 0 amide bonds. The molecular formula is C10H15FN4O. The van der Waals surface area contributed by atoms with Gasteiger partial charge in [-0.1, -0.05) is 0 Å². The number of nitrogens with zero attached hydrogens (tertiary/aromatic N) is 3. The number of hydrogen-bond acceptors (Lipinski definition) is 5. The molecule has 6 heteroatoms. The van der Waals surface area contributed by atoms with Gasteiger partial charge in [-0.15, -0.1) is 0 Å². The Bertz CT molecular complexity index is 385. The molecule has 0 aliphatic carbocycles. The first-order chi connectivity index (χ1) is 7.49. The van der Waals surface area contributed by atoms with Crippen LogP contribution in [0.15, 0.2) is 12.3 Å². The summed E-state index contributed by atoms with van der Waals surface area (Å²) in [5.74, 6) is 0.771. The molecule has 16 heavy (non-hydrogen) atoms. The van der Waals surface area contributed by atoms with Gasteiger partial charge in [0.25, 0.3) is 0 Å². The van der Waals surface area contributed by atoms with Gasteiger partial charge in [-0.2, -0.15) is 4.98 Å². The summed E-state index contributed by atoms with van der Waals surface area (Å²) in [5, 5.41) is 9.49. The molecule has 3 N–H and O–H groups in total. The lowest BCUT2D eigenvalue weighted by atomic mass is 9.94. The van der Waals surface area contributed by atoms with Gasteiger partial charge in [0.1, 0.15) is 5.82 Å². The van der Waals surface area contributed by atoms with Crippen LogP contribution in [0.3, 0.4) is 0 Å². The van der Waals surface area contributed by atoms with Crippen molar-refractivity contribution in [1.82, 2.24) is 9.97 Å². The third kappa shape index (κ3) is 2.06. The van der Waals surface area contributed by atoms with Gasteiger partial charge < -0.3 is 15.7 Å². The Morgan fingerprint density at radius 3 is 3.06 bits per heavy atom. The van der Waals surface area contributed by atoms with Crippen LogP contribution in [-0.4, -0.2) is 39.9 Å². The van der Waals surface area contributed by atoms with E-state index in [0.717, 1.165) is 0 Å². The summed E-state index contributed by atoms with van der Waals surface area (Å²) in [6.45, 7) is 2.00. The minimum atomic E-state index is -1.63.